The molecule has 21 heavy (non-hydrogen) atoms. The van der Waals surface area contributed by atoms with Crippen molar-refractivity contribution in [2.24, 2.45) is 5.73 Å². The summed E-state index contributed by atoms with van der Waals surface area (Å²) < 4.78 is 3.25. The highest BCUT2D eigenvalue weighted by molar-refractivity contribution is 9.10. The molecule has 3 nitrogen and oxygen atoms in total. The Kier molecular flexibility index (Phi) is 4.08. The maximum atomic E-state index is 5.87. The molecule has 3 rings (SSSR count). The van der Waals surface area contributed by atoms with Gasteiger partial charge in [0.15, 0.2) is 0 Å². The molecule has 2 N–H and O–H groups in total. The summed E-state index contributed by atoms with van der Waals surface area (Å²) in [6.45, 7) is 2.86. The average Bonchev–Trinajstić information content (AvgIpc) is 2.81. The molecule has 0 aliphatic rings. The molecule has 4 heteroatoms. The molecular formula is C17H18BrN3. The third-order valence-electron chi connectivity index (χ3n) is 3.51. The lowest BCUT2D eigenvalue weighted by atomic mass is 10.1. The Labute approximate surface area is 132 Å². The molecule has 0 amide bonds. The van der Waals surface area contributed by atoms with Gasteiger partial charge in [-0.3, -0.25) is 4.98 Å². The molecule has 1 aromatic carbocycles. The lowest BCUT2D eigenvalue weighted by Crippen LogP contribution is -2.17. The van der Waals surface area contributed by atoms with Crippen molar-refractivity contribution in [3.05, 3.63) is 64.5 Å². The van der Waals surface area contributed by atoms with E-state index in [1.165, 1.54) is 22.0 Å². The summed E-state index contributed by atoms with van der Waals surface area (Å²) in [6.07, 6.45) is 6.75. The van der Waals surface area contributed by atoms with Crippen LogP contribution in [0.1, 0.15) is 18.1 Å². The normalized spacial score (nSPS) is 12.7. The van der Waals surface area contributed by atoms with E-state index in [2.05, 4.69) is 62.0 Å². The van der Waals surface area contributed by atoms with Crippen LogP contribution in [0, 0.1) is 0 Å². The first-order valence-electron chi connectivity index (χ1n) is 7.04. The van der Waals surface area contributed by atoms with Crippen molar-refractivity contribution in [1.29, 1.82) is 0 Å². The van der Waals surface area contributed by atoms with Gasteiger partial charge in [0.2, 0.25) is 0 Å². The fourth-order valence-electron chi connectivity index (χ4n) is 2.63. The number of rotatable bonds is 4. The number of hydrogen-bond acceptors (Lipinski definition) is 2. The molecule has 0 fully saturated rings. The van der Waals surface area contributed by atoms with E-state index < -0.39 is 0 Å². The van der Waals surface area contributed by atoms with Crippen LogP contribution in [0.4, 0.5) is 0 Å². The van der Waals surface area contributed by atoms with Gasteiger partial charge in [0.1, 0.15) is 0 Å². The predicted molar refractivity (Wildman–Crippen MR) is 90.3 cm³/mol. The Morgan fingerprint density at radius 1 is 1.19 bits per heavy atom. The zero-order valence-electron chi connectivity index (χ0n) is 12.0. The molecule has 1 unspecified atom stereocenters. The second-order valence-corrected chi connectivity index (χ2v) is 6.45. The second kappa shape index (κ2) is 6.00. The first-order chi connectivity index (χ1) is 10.1. The quantitative estimate of drug-likeness (QED) is 0.784. The lowest BCUT2D eigenvalue weighted by Gasteiger charge is -2.08. The molecule has 0 saturated heterocycles. The monoisotopic (exact) mass is 343 g/mol. The topological polar surface area (TPSA) is 43.8 Å². The maximum Gasteiger partial charge on any atom is 0.0491 e. The van der Waals surface area contributed by atoms with Crippen molar-refractivity contribution in [3.63, 3.8) is 0 Å². The highest BCUT2D eigenvalue weighted by Crippen LogP contribution is 2.20. The van der Waals surface area contributed by atoms with Gasteiger partial charge in [-0.2, -0.15) is 0 Å². The summed E-state index contributed by atoms with van der Waals surface area (Å²) in [5.41, 5.74) is 9.59. The molecular weight excluding hydrogens is 326 g/mol. The number of fused-ring (bicyclic) bond motifs is 1. The van der Waals surface area contributed by atoms with Gasteiger partial charge in [0.05, 0.1) is 0 Å². The molecule has 0 radical (unpaired) electrons. The van der Waals surface area contributed by atoms with Gasteiger partial charge >= 0.3 is 0 Å². The van der Waals surface area contributed by atoms with E-state index in [-0.39, 0.29) is 6.04 Å². The smallest absolute Gasteiger partial charge is 0.0491 e. The number of benzene rings is 1. The average molecular weight is 344 g/mol. The van der Waals surface area contributed by atoms with Crippen molar-refractivity contribution in [2.75, 3.05) is 0 Å². The van der Waals surface area contributed by atoms with Gasteiger partial charge in [-0.25, -0.2) is 0 Å². The van der Waals surface area contributed by atoms with Gasteiger partial charge in [0.25, 0.3) is 0 Å². The van der Waals surface area contributed by atoms with Crippen molar-refractivity contribution in [1.82, 2.24) is 9.55 Å². The summed E-state index contributed by atoms with van der Waals surface area (Å²) in [6, 6.07) is 11.0. The molecule has 2 aromatic heterocycles. The Morgan fingerprint density at radius 2 is 2.05 bits per heavy atom. The van der Waals surface area contributed by atoms with E-state index in [4.69, 9.17) is 5.73 Å². The summed E-state index contributed by atoms with van der Waals surface area (Å²) >= 11 is 3.46. The fourth-order valence-corrected chi connectivity index (χ4v) is 3.04. The number of pyridine rings is 1. The van der Waals surface area contributed by atoms with Crippen LogP contribution < -0.4 is 5.73 Å². The Bertz CT molecular complexity index is 762. The highest BCUT2D eigenvalue weighted by atomic mass is 79.9. The van der Waals surface area contributed by atoms with Crippen LogP contribution in [0.15, 0.2) is 53.4 Å². The molecule has 0 spiro atoms. The minimum Gasteiger partial charge on any atom is -0.343 e. The largest absolute Gasteiger partial charge is 0.343 e. The number of nitrogens with zero attached hydrogens (tertiary/aromatic N) is 2. The summed E-state index contributed by atoms with van der Waals surface area (Å²) in [7, 11) is 0. The standard InChI is InChI=1S/C17H18BrN3/c1-12(19)6-13-2-3-17-15(7-13)4-5-21(17)11-14-8-16(18)10-20-9-14/h2-5,7-10,12H,6,11,19H2,1H3. The number of halogens is 1. The molecule has 3 aromatic rings. The van der Waals surface area contributed by atoms with E-state index >= 15 is 0 Å². The lowest BCUT2D eigenvalue weighted by molar-refractivity contribution is 0.738. The van der Waals surface area contributed by atoms with Crippen LogP contribution >= 0.6 is 15.9 Å². The van der Waals surface area contributed by atoms with Gasteiger partial charge in [0, 0.05) is 41.2 Å². The van der Waals surface area contributed by atoms with Crippen molar-refractivity contribution >= 4 is 26.8 Å². The molecule has 0 aliphatic heterocycles. The van der Waals surface area contributed by atoms with E-state index in [0.717, 1.165) is 17.4 Å². The van der Waals surface area contributed by atoms with Crippen LogP contribution in [0.5, 0.6) is 0 Å². The number of aromatic nitrogens is 2. The minimum atomic E-state index is 0.192. The third kappa shape index (κ3) is 3.34. The number of hydrogen-bond donors (Lipinski definition) is 1. The van der Waals surface area contributed by atoms with Crippen LogP contribution in [-0.2, 0) is 13.0 Å². The molecule has 0 aliphatic carbocycles. The van der Waals surface area contributed by atoms with E-state index in [9.17, 15) is 0 Å². The Balaban J connectivity index is 1.90. The molecule has 0 saturated carbocycles. The van der Waals surface area contributed by atoms with Crippen LogP contribution in [0.3, 0.4) is 0 Å². The Hall–Kier alpha value is -1.65. The third-order valence-corrected chi connectivity index (χ3v) is 3.94. The minimum absolute atomic E-state index is 0.192. The van der Waals surface area contributed by atoms with Crippen molar-refractivity contribution in [3.8, 4) is 0 Å². The zero-order chi connectivity index (χ0) is 14.8. The summed E-state index contributed by atoms with van der Waals surface area (Å²) in [4.78, 5) is 4.22. The van der Waals surface area contributed by atoms with Gasteiger partial charge in [-0.05, 0) is 70.1 Å². The second-order valence-electron chi connectivity index (χ2n) is 5.53. The first kappa shape index (κ1) is 14.3. The van der Waals surface area contributed by atoms with E-state index in [0.29, 0.717) is 0 Å². The van der Waals surface area contributed by atoms with E-state index in [1.54, 1.807) is 6.20 Å². The Morgan fingerprint density at radius 3 is 2.81 bits per heavy atom. The SMILES string of the molecule is CC(N)Cc1ccc2c(ccn2Cc2cncc(Br)c2)c1. The van der Waals surface area contributed by atoms with Crippen molar-refractivity contribution < 1.29 is 0 Å². The highest BCUT2D eigenvalue weighted by Gasteiger charge is 2.05. The molecule has 1 atom stereocenters. The summed E-state index contributed by atoms with van der Waals surface area (Å²) in [5, 5.41) is 1.26. The van der Waals surface area contributed by atoms with Gasteiger partial charge in [-0.1, -0.05) is 6.07 Å². The van der Waals surface area contributed by atoms with Crippen molar-refractivity contribution in [2.45, 2.75) is 25.9 Å². The van der Waals surface area contributed by atoms with E-state index in [1.807, 2.05) is 13.1 Å². The van der Waals surface area contributed by atoms with Gasteiger partial charge < -0.3 is 10.3 Å². The van der Waals surface area contributed by atoms with Crippen LogP contribution in [0.25, 0.3) is 10.9 Å². The first-order valence-corrected chi connectivity index (χ1v) is 7.84. The van der Waals surface area contributed by atoms with Gasteiger partial charge in [-0.15, -0.1) is 0 Å². The number of nitrogens with two attached hydrogens (primary N) is 1. The summed E-state index contributed by atoms with van der Waals surface area (Å²) in [5.74, 6) is 0. The molecule has 0 bridgehead atoms. The van der Waals surface area contributed by atoms with Crippen LogP contribution in [0.2, 0.25) is 0 Å². The van der Waals surface area contributed by atoms with Crippen LogP contribution in [-0.4, -0.2) is 15.6 Å². The molecule has 108 valence electrons. The predicted octanol–water partition coefficient (Wildman–Crippen LogP) is 3.74. The fraction of sp³-hybridized carbons (Fsp3) is 0.235. The maximum absolute atomic E-state index is 5.87. The molecule has 2 heterocycles. The zero-order valence-corrected chi connectivity index (χ0v) is 13.5.